The molecule has 0 saturated heterocycles. The summed E-state index contributed by atoms with van der Waals surface area (Å²) in [5.41, 5.74) is 4.87. The molecule has 0 fully saturated rings. The van der Waals surface area contributed by atoms with Gasteiger partial charge in [0.15, 0.2) is 5.78 Å². The van der Waals surface area contributed by atoms with Crippen LogP contribution in [0.2, 0.25) is 0 Å². The molecule has 0 aliphatic carbocycles. The van der Waals surface area contributed by atoms with Crippen molar-refractivity contribution in [2.75, 3.05) is 5.75 Å². The smallest absolute Gasteiger partial charge is 0.316 e. The first-order valence-electron chi connectivity index (χ1n) is 4.20. The van der Waals surface area contributed by atoms with E-state index in [9.17, 15) is 14.9 Å². The van der Waals surface area contributed by atoms with Crippen LogP contribution in [0.4, 0.5) is 5.69 Å². The zero-order valence-corrected chi connectivity index (χ0v) is 9.70. The van der Waals surface area contributed by atoms with Crippen molar-refractivity contribution in [3.05, 3.63) is 27.9 Å². The molecule has 2 N–H and O–H groups in total. The molecule has 0 aliphatic rings. The van der Waals surface area contributed by atoms with Gasteiger partial charge in [-0.2, -0.15) is 12.6 Å². The molecule has 6 nitrogen and oxygen atoms in total. The van der Waals surface area contributed by atoms with Crippen molar-refractivity contribution in [2.45, 2.75) is 11.1 Å². The van der Waals surface area contributed by atoms with Gasteiger partial charge in [0.25, 0.3) is 0 Å². The number of hydrogen-bond donors (Lipinski definition) is 2. The van der Waals surface area contributed by atoms with E-state index in [2.05, 4.69) is 17.6 Å². The average Bonchev–Trinajstić information content (AvgIpc) is 2.26. The first-order chi connectivity index (χ1) is 7.49. The first-order valence-corrected chi connectivity index (χ1v) is 5.24. The minimum absolute atomic E-state index is 0.102. The van der Waals surface area contributed by atoms with Gasteiger partial charge in [0.2, 0.25) is 5.03 Å². The molecule has 16 heavy (non-hydrogen) atoms. The highest BCUT2D eigenvalue weighted by Gasteiger charge is 2.27. The topological polar surface area (TPSA) is 99.1 Å². The number of carbonyl (C=O) groups is 1. The normalized spacial score (nSPS) is 12.1. The number of hydrogen-bond acceptors (Lipinski definition) is 6. The monoisotopic (exact) mass is 258 g/mol. The van der Waals surface area contributed by atoms with Gasteiger partial charge in [-0.25, -0.2) is 4.98 Å². The van der Waals surface area contributed by atoms with Crippen LogP contribution in [-0.4, -0.2) is 27.5 Å². The van der Waals surface area contributed by atoms with E-state index in [1.54, 1.807) is 0 Å². The summed E-state index contributed by atoms with van der Waals surface area (Å²) in [6.07, 6.45) is 1.24. The average molecular weight is 258 g/mol. The van der Waals surface area contributed by atoms with Crippen LogP contribution in [0.25, 0.3) is 0 Å². The molecule has 0 saturated carbocycles. The highest BCUT2D eigenvalue weighted by molar-refractivity contribution is 7.80. The van der Waals surface area contributed by atoms with Crippen molar-refractivity contribution in [1.29, 1.82) is 0 Å². The Morgan fingerprint density at radius 1 is 1.75 bits per heavy atom. The molecular formula is C8H8N3O3S2. The number of carbonyl (C=O) groups excluding carboxylic acids is 1. The summed E-state index contributed by atoms with van der Waals surface area (Å²) in [6, 6.07) is 0.346. The predicted octanol–water partition coefficient (Wildman–Crippen LogP) is 0.986. The maximum absolute atomic E-state index is 11.7. The van der Waals surface area contributed by atoms with Crippen molar-refractivity contribution in [2.24, 2.45) is 5.73 Å². The number of thiol groups is 1. The lowest BCUT2D eigenvalue weighted by Gasteiger charge is -2.07. The highest BCUT2D eigenvalue weighted by Crippen LogP contribution is 2.25. The second-order valence-corrected chi connectivity index (χ2v) is 3.67. The molecule has 0 bridgehead atoms. The maximum atomic E-state index is 11.7. The molecule has 0 unspecified atom stereocenters. The fourth-order valence-electron chi connectivity index (χ4n) is 1.09. The van der Waals surface area contributed by atoms with Crippen molar-refractivity contribution in [1.82, 2.24) is 4.98 Å². The number of nitrogens with two attached hydrogens (primary N) is 1. The summed E-state index contributed by atoms with van der Waals surface area (Å²) in [7, 11) is 0. The summed E-state index contributed by atoms with van der Waals surface area (Å²) in [4.78, 5) is 25.3. The van der Waals surface area contributed by atoms with Crippen LogP contribution in [0.5, 0.6) is 0 Å². The molecule has 0 spiro atoms. The second-order valence-electron chi connectivity index (χ2n) is 2.92. The van der Waals surface area contributed by atoms with Crippen LogP contribution in [0.15, 0.2) is 17.3 Å². The Kier molecular flexibility index (Phi) is 4.16. The molecule has 1 rings (SSSR count). The van der Waals surface area contributed by atoms with E-state index >= 15 is 0 Å². The molecular weight excluding hydrogens is 250 g/mol. The van der Waals surface area contributed by atoms with Gasteiger partial charge >= 0.3 is 5.69 Å². The van der Waals surface area contributed by atoms with Crippen LogP contribution >= 0.6 is 25.3 Å². The largest absolute Gasteiger partial charge is 0.321 e. The van der Waals surface area contributed by atoms with E-state index in [4.69, 9.17) is 18.4 Å². The number of nitro groups is 1. The number of aromatic nitrogens is 1. The lowest BCUT2D eigenvalue weighted by atomic mass is 10.1. The van der Waals surface area contributed by atoms with Gasteiger partial charge in [-0.15, -0.1) is 0 Å². The van der Waals surface area contributed by atoms with Gasteiger partial charge in [0.05, 0.1) is 11.0 Å². The fourth-order valence-corrected chi connectivity index (χ4v) is 1.50. The van der Waals surface area contributed by atoms with Crippen molar-refractivity contribution in [3.8, 4) is 0 Å². The van der Waals surface area contributed by atoms with Crippen LogP contribution in [0.3, 0.4) is 0 Å². The summed E-state index contributed by atoms with van der Waals surface area (Å²) in [6.45, 7) is 0. The lowest BCUT2D eigenvalue weighted by molar-refractivity contribution is -0.388. The summed E-state index contributed by atoms with van der Waals surface area (Å²) in [5, 5.41) is 10.5. The summed E-state index contributed by atoms with van der Waals surface area (Å²) >= 11 is 8.55. The van der Waals surface area contributed by atoms with Crippen molar-refractivity contribution < 1.29 is 9.72 Å². The minimum Gasteiger partial charge on any atom is -0.321 e. The van der Waals surface area contributed by atoms with E-state index < -0.39 is 22.4 Å². The standard InChI is InChI=1S/C8H8N3O3S2/c9-5(3-15)7(12)4-1-2-10-8(16)6(4)11(13)14/h1-2,5,15H,3,9H2/t5-/m0/s1. The SMILES string of the molecule is N[C@@H](CS)C(=O)c1ccnc([S])c1[N+](=O)[O-]. The van der Waals surface area contributed by atoms with Crippen LogP contribution in [-0.2, 0) is 0 Å². The predicted molar refractivity (Wildman–Crippen MR) is 62.9 cm³/mol. The van der Waals surface area contributed by atoms with Crippen molar-refractivity contribution in [3.63, 3.8) is 0 Å². The van der Waals surface area contributed by atoms with Crippen LogP contribution in [0, 0.1) is 10.1 Å². The molecule has 85 valence electrons. The van der Waals surface area contributed by atoms with Gasteiger partial charge in [0, 0.05) is 11.9 Å². The third-order valence-corrected chi connectivity index (χ3v) is 2.56. The number of Topliss-reactive ketones (excluding diaryl/α,β-unsaturated/α-hetero) is 1. The molecule has 1 aromatic rings. The third-order valence-electron chi connectivity index (χ3n) is 1.87. The highest BCUT2D eigenvalue weighted by atomic mass is 32.1. The van der Waals surface area contributed by atoms with E-state index in [1.165, 1.54) is 12.3 Å². The molecule has 1 radical (unpaired) electrons. The Labute approximate surface area is 102 Å². The van der Waals surface area contributed by atoms with Gasteiger partial charge < -0.3 is 5.73 Å². The zero-order chi connectivity index (χ0) is 12.3. The Bertz CT molecular complexity index is 439. The minimum atomic E-state index is -0.890. The van der Waals surface area contributed by atoms with E-state index in [1.807, 2.05) is 0 Å². The fraction of sp³-hybridized carbons (Fsp3) is 0.250. The van der Waals surface area contributed by atoms with E-state index in [0.717, 1.165) is 0 Å². The molecule has 1 heterocycles. The molecule has 0 aliphatic heterocycles. The van der Waals surface area contributed by atoms with Crippen LogP contribution < -0.4 is 5.73 Å². The van der Waals surface area contributed by atoms with E-state index in [-0.39, 0.29) is 16.3 Å². The number of pyridine rings is 1. The first kappa shape index (κ1) is 12.8. The van der Waals surface area contributed by atoms with Crippen LogP contribution in [0.1, 0.15) is 10.4 Å². The van der Waals surface area contributed by atoms with Gasteiger partial charge in [-0.05, 0) is 6.07 Å². The molecule has 1 atom stereocenters. The summed E-state index contributed by atoms with van der Waals surface area (Å²) in [5.74, 6) is -0.458. The van der Waals surface area contributed by atoms with E-state index in [0.29, 0.717) is 0 Å². The quantitative estimate of drug-likeness (QED) is 0.363. The van der Waals surface area contributed by atoms with Gasteiger partial charge in [0.1, 0.15) is 5.56 Å². The molecule has 1 aromatic heterocycles. The summed E-state index contributed by atoms with van der Waals surface area (Å²) < 4.78 is 0. The second kappa shape index (κ2) is 5.19. The molecule has 0 aromatic carbocycles. The Hall–Kier alpha value is -1.25. The molecule has 8 heteroatoms. The lowest BCUT2D eigenvalue weighted by Crippen LogP contribution is -2.32. The molecule has 0 amide bonds. The Morgan fingerprint density at radius 2 is 2.38 bits per heavy atom. The number of rotatable bonds is 4. The zero-order valence-electron chi connectivity index (χ0n) is 7.99. The van der Waals surface area contributed by atoms with Gasteiger partial charge in [-0.1, -0.05) is 12.6 Å². The van der Waals surface area contributed by atoms with Crippen molar-refractivity contribution >= 4 is 36.7 Å². The third kappa shape index (κ3) is 2.46. The number of nitrogens with zero attached hydrogens (tertiary/aromatic N) is 2. The Balaban J connectivity index is 3.28. The maximum Gasteiger partial charge on any atom is 0.316 e. The Morgan fingerprint density at radius 3 is 2.88 bits per heavy atom. The van der Waals surface area contributed by atoms with Gasteiger partial charge in [-0.3, -0.25) is 14.9 Å². The number of ketones is 1.